The van der Waals surface area contributed by atoms with Crippen molar-refractivity contribution in [2.24, 2.45) is 17.8 Å². The molecule has 2 fully saturated rings. The van der Waals surface area contributed by atoms with E-state index in [9.17, 15) is 4.79 Å². The Balaban J connectivity index is 1.38. The molecule has 0 saturated heterocycles. The van der Waals surface area contributed by atoms with E-state index in [2.05, 4.69) is 31.2 Å². The first-order chi connectivity index (χ1) is 13.7. The predicted molar refractivity (Wildman–Crippen MR) is 117 cm³/mol. The van der Waals surface area contributed by atoms with Crippen molar-refractivity contribution in [2.45, 2.75) is 89.9 Å². The van der Waals surface area contributed by atoms with E-state index in [4.69, 9.17) is 5.11 Å². The van der Waals surface area contributed by atoms with E-state index in [1.165, 1.54) is 75.8 Å². The molecule has 0 spiro atoms. The third kappa shape index (κ3) is 6.22. The summed E-state index contributed by atoms with van der Waals surface area (Å²) in [6.45, 7) is 2.25. The van der Waals surface area contributed by atoms with Gasteiger partial charge < -0.3 is 5.11 Å². The van der Waals surface area contributed by atoms with Gasteiger partial charge in [0.25, 0.3) is 0 Å². The summed E-state index contributed by atoms with van der Waals surface area (Å²) < 4.78 is 0. The van der Waals surface area contributed by atoms with Crippen LogP contribution in [0, 0.1) is 17.8 Å². The second-order valence-electron chi connectivity index (χ2n) is 9.20. The Morgan fingerprint density at radius 3 is 2.14 bits per heavy atom. The number of aliphatic carboxylic acids is 1. The van der Waals surface area contributed by atoms with Crippen LogP contribution in [0.1, 0.15) is 94.6 Å². The number of benzene rings is 1. The average Bonchev–Trinajstić information content (AvgIpc) is 2.73. The standard InChI is InChI=1S/C26H38O2/c1-2-5-20-8-12-22(13-9-20)24-16-18-25(19-17-24)23-14-10-21(11-15-23)6-3-4-7-26(27)28/h4,7-9,12-13,21,23-25H,2-3,5-6,10-11,14-19H2,1H3,(H,27,28)/b7-4+. The van der Waals surface area contributed by atoms with Gasteiger partial charge in [0.2, 0.25) is 0 Å². The summed E-state index contributed by atoms with van der Waals surface area (Å²) in [6, 6.07) is 9.47. The van der Waals surface area contributed by atoms with Crippen LogP contribution in [0.5, 0.6) is 0 Å². The van der Waals surface area contributed by atoms with Gasteiger partial charge >= 0.3 is 5.97 Å². The van der Waals surface area contributed by atoms with Crippen LogP contribution >= 0.6 is 0 Å². The molecule has 0 aliphatic heterocycles. The highest BCUT2D eigenvalue weighted by molar-refractivity contribution is 5.79. The van der Waals surface area contributed by atoms with Gasteiger partial charge in [-0.2, -0.15) is 0 Å². The molecule has 1 aromatic carbocycles. The number of carboxylic acids is 1. The average molecular weight is 383 g/mol. The molecule has 0 radical (unpaired) electrons. The van der Waals surface area contributed by atoms with Crippen LogP contribution in [0.2, 0.25) is 0 Å². The molecule has 0 aromatic heterocycles. The van der Waals surface area contributed by atoms with E-state index in [1.54, 1.807) is 5.56 Å². The number of rotatable bonds is 8. The minimum atomic E-state index is -0.823. The molecule has 2 saturated carbocycles. The fraction of sp³-hybridized carbons (Fsp3) is 0.654. The largest absolute Gasteiger partial charge is 0.478 e. The first-order valence-electron chi connectivity index (χ1n) is 11.6. The fourth-order valence-corrected chi connectivity index (χ4v) is 5.63. The number of carbonyl (C=O) groups is 1. The Bertz CT molecular complexity index is 614. The molecule has 0 heterocycles. The maximum atomic E-state index is 10.5. The summed E-state index contributed by atoms with van der Waals surface area (Å²) >= 11 is 0. The van der Waals surface area contributed by atoms with E-state index in [0.29, 0.717) is 0 Å². The molecule has 0 atom stereocenters. The molecule has 1 aromatic rings. The fourth-order valence-electron chi connectivity index (χ4n) is 5.63. The van der Waals surface area contributed by atoms with Crippen LogP contribution in [0.3, 0.4) is 0 Å². The molecule has 2 nitrogen and oxygen atoms in total. The topological polar surface area (TPSA) is 37.3 Å². The van der Waals surface area contributed by atoms with Gasteiger partial charge in [0.15, 0.2) is 0 Å². The summed E-state index contributed by atoms with van der Waals surface area (Å²) in [5.74, 6) is 2.66. The summed E-state index contributed by atoms with van der Waals surface area (Å²) in [7, 11) is 0. The summed E-state index contributed by atoms with van der Waals surface area (Å²) in [5.41, 5.74) is 3.05. The van der Waals surface area contributed by atoms with Gasteiger partial charge in [0.1, 0.15) is 0 Å². The van der Waals surface area contributed by atoms with Crippen molar-refractivity contribution in [1.29, 1.82) is 0 Å². The Morgan fingerprint density at radius 2 is 1.57 bits per heavy atom. The van der Waals surface area contributed by atoms with Crippen LogP contribution in [-0.4, -0.2) is 11.1 Å². The zero-order valence-corrected chi connectivity index (χ0v) is 17.6. The maximum absolute atomic E-state index is 10.5. The molecule has 1 N–H and O–H groups in total. The first kappa shape index (κ1) is 21.1. The van der Waals surface area contributed by atoms with Crippen LogP contribution in [-0.2, 0) is 11.2 Å². The van der Waals surface area contributed by atoms with Crippen molar-refractivity contribution in [3.05, 3.63) is 47.5 Å². The Labute approximate surface area is 171 Å². The smallest absolute Gasteiger partial charge is 0.327 e. The Hall–Kier alpha value is -1.57. The summed E-state index contributed by atoms with van der Waals surface area (Å²) in [5, 5.41) is 8.67. The predicted octanol–water partition coefficient (Wildman–Crippen LogP) is 7.14. The number of allylic oxidation sites excluding steroid dienone is 1. The molecular formula is C26H38O2. The Morgan fingerprint density at radius 1 is 0.964 bits per heavy atom. The second kappa shape index (κ2) is 10.8. The van der Waals surface area contributed by atoms with Crippen LogP contribution in [0.15, 0.2) is 36.4 Å². The van der Waals surface area contributed by atoms with E-state index < -0.39 is 5.97 Å². The van der Waals surface area contributed by atoms with Crippen LogP contribution in [0.25, 0.3) is 0 Å². The SMILES string of the molecule is CCCc1ccc(C2CCC(C3CCC(CC/C=C/C(=O)O)CC3)CC2)cc1. The van der Waals surface area contributed by atoms with Crippen molar-refractivity contribution < 1.29 is 9.90 Å². The normalized spacial score (nSPS) is 28.5. The molecule has 2 aliphatic rings. The molecule has 154 valence electrons. The quantitative estimate of drug-likeness (QED) is 0.485. The molecule has 28 heavy (non-hydrogen) atoms. The van der Waals surface area contributed by atoms with E-state index >= 15 is 0 Å². The number of hydrogen-bond donors (Lipinski definition) is 1. The van der Waals surface area contributed by atoms with Crippen molar-refractivity contribution in [2.75, 3.05) is 0 Å². The highest BCUT2D eigenvalue weighted by Crippen LogP contribution is 2.44. The van der Waals surface area contributed by atoms with Crippen molar-refractivity contribution >= 4 is 5.97 Å². The molecule has 0 unspecified atom stereocenters. The lowest BCUT2D eigenvalue weighted by Crippen LogP contribution is -2.25. The van der Waals surface area contributed by atoms with Crippen LogP contribution in [0.4, 0.5) is 0 Å². The van der Waals surface area contributed by atoms with Crippen LogP contribution < -0.4 is 0 Å². The first-order valence-corrected chi connectivity index (χ1v) is 11.6. The molecule has 0 amide bonds. The summed E-state index contributed by atoms with van der Waals surface area (Å²) in [6.07, 6.45) is 18.7. The van der Waals surface area contributed by atoms with Gasteiger partial charge in [0, 0.05) is 6.08 Å². The van der Waals surface area contributed by atoms with Crippen molar-refractivity contribution in [3.63, 3.8) is 0 Å². The van der Waals surface area contributed by atoms with E-state index in [-0.39, 0.29) is 0 Å². The van der Waals surface area contributed by atoms with Crippen molar-refractivity contribution in [1.82, 2.24) is 0 Å². The number of aryl methyl sites for hydroxylation is 1. The minimum absolute atomic E-state index is 0.782. The third-order valence-electron chi connectivity index (χ3n) is 7.32. The molecule has 3 rings (SSSR count). The number of carboxylic acid groups (broad SMARTS) is 1. The van der Waals surface area contributed by atoms with Gasteiger partial charge in [-0.3, -0.25) is 0 Å². The molecule has 2 aliphatic carbocycles. The summed E-state index contributed by atoms with van der Waals surface area (Å²) in [4.78, 5) is 10.5. The Kier molecular flexibility index (Phi) is 8.18. The lowest BCUT2D eigenvalue weighted by molar-refractivity contribution is -0.131. The molecular weight excluding hydrogens is 344 g/mol. The lowest BCUT2D eigenvalue weighted by Gasteiger charge is -2.38. The van der Waals surface area contributed by atoms with E-state index in [1.807, 2.05) is 6.08 Å². The van der Waals surface area contributed by atoms with Gasteiger partial charge in [-0.15, -0.1) is 0 Å². The minimum Gasteiger partial charge on any atom is -0.478 e. The van der Waals surface area contributed by atoms with Crippen molar-refractivity contribution in [3.8, 4) is 0 Å². The van der Waals surface area contributed by atoms with Gasteiger partial charge in [-0.25, -0.2) is 4.79 Å². The monoisotopic (exact) mass is 382 g/mol. The maximum Gasteiger partial charge on any atom is 0.327 e. The van der Waals surface area contributed by atoms with E-state index in [0.717, 1.165) is 36.5 Å². The highest BCUT2D eigenvalue weighted by atomic mass is 16.4. The highest BCUT2D eigenvalue weighted by Gasteiger charge is 2.31. The second-order valence-corrected chi connectivity index (χ2v) is 9.20. The zero-order valence-electron chi connectivity index (χ0n) is 17.6. The van der Waals surface area contributed by atoms with Gasteiger partial charge in [-0.1, -0.05) is 56.5 Å². The lowest BCUT2D eigenvalue weighted by atomic mass is 9.68. The van der Waals surface area contributed by atoms with Gasteiger partial charge in [0.05, 0.1) is 0 Å². The zero-order chi connectivity index (χ0) is 19.8. The molecule has 2 heteroatoms. The third-order valence-corrected chi connectivity index (χ3v) is 7.32. The van der Waals surface area contributed by atoms with Gasteiger partial charge in [-0.05, 0) is 92.6 Å². The molecule has 0 bridgehead atoms. The number of hydrogen-bond acceptors (Lipinski definition) is 1.